The van der Waals surface area contributed by atoms with Crippen molar-refractivity contribution < 1.29 is 37.3 Å². The Balaban J connectivity index is 1.25. The number of aromatic nitrogens is 1. The molecule has 2 aliphatic carbocycles. The molecule has 0 aromatic carbocycles. The number of carbonyl (C=O) groups excluding carboxylic acids is 1. The number of carboxylic acids is 1. The van der Waals surface area contributed by atoms with E-state index in [0.717, 1.165) is 24.4 Å². The Labute approximate surface area is 279 Å². The molecule has 4 heterocycles. The first kappa shape index (κ1) is 34.1. The number of nitrogens with zero attached hydrogens (tertiary/aromatic N) is 4. The van der Waals surface area contributed by atoms with E-state index >= 15 is 0 Å². The zero-order chi connectivity index (χ0) is 34.0. The van der Waals surface area contributed by atoms with Gasteiger partial charge >= 0.3 is 12.1 Å². The van der Waals surface area contributed by atoms with Crippen LogP contribution in [0.2, 0.25) is 0 Å². The molecule has 0 saturated carbocycles. The summed E-state index contributed by atoms with van der Waals surface area (Å²) in [5.41, 5.74) is 0.954. The van der Waals surface area contributed by atoms with E-state index in [1.807, 2.05) is 28.0 Å². The maximum absolute atomic E-state index is 14.6. The Morgan fingerprint density at radius 3 is 2.35 bits per heavy atom. The molecule has 9 nitrogen and oxygen atoms in total. The average Bonchev–Trinajstić information content (AvgIpc) is 3.73. The molecule has 6 rings (SSSR count). The highest BCUT2D eigenvalue weighted by molar-refractivity contribution is 5.81. The Kier molecular flexibility index (Phi) is 10.2. The number of carbonyl (C=O) groups is 2. The van der Waals surface area contributed by atoms with Crippen molar-refractivity contribution in [3.8, 4) is 0 Å². The van der Waals surface area contributed by atoms with Crippen LogP contribution in [-0.2, 0) is 19.1 Å². The second-order valence-corrected chi connectivity index (χ2v) is 13.7. The van der Waals surface area contributed by atoms with E-state index in [9.17, 15) is 27.9 Å². The van der Waals surface area contributed by atoms with Crippen molar-refractivity contribution in [1.29, 1.82) is 0 Å². The molecule has 3 fully saturated rings. The van der Waals surface area contributed by atoms with Gasteiger partial charge in [0, 0.05) is 82.0 Å². The summed E-state index contributed by atoms with van der Waals surface area (Å²) in [5.74, 6) is -0.925. The molecule has 260 valence electrons. The molecule has 1 N–H and O–H groups in total. The molecule has 0 spiro atoms. The van der Waals surface area contributed by atoms with Gasteiger partial charge in [0.25, 0.3) is 0 Å². The summed E-state index contributed by atoms with van der Waals surface area (Å²) in [6.45, 7) is 3.36. The van der Waals surface area contributed by atoms with Gasteiger partial charge < -0.3 is 29.3 Å². The maximum atomic E-state index is 14.6. The summed E-state index contributed by atoms with van der Waals surface area (Å²) in [5, 5.41) is 9.52. The van der Waals surface area contributed by atoms with Gasteiger partial charge in [0.2, 0.25) is 5.91 Å². The number of likely N-dealkylation sites (tertiary alicyclic amines) is 2. The van der Waals surface area contributed by atoms with Crippen LogP contribution in [0.3, 0.4) is 0 Å². The number of halogens is 3. The summed E-state index contributed by atoms with van der Waals surface area (Å²) >= 11 is 0. The largest absolute Gasteiger partial charge is 0.497 e. The van der Waals surface area contributed by atoms with Crippen molar-refractivity contribution in [3.63, 3.8) is 0 Å². The number of anilines is 1. The van der Waals surface area contributed by atoms with E-state index in [1.54, 1.807) is 26.6 Å². The number of aliphatic carboxylic acids is 1. The van der Waals surface area contributed by atoms with E-state index in [1.165, 1.54) is 12.2 Å². The molecule has 1 amide bonds. The number of piperidine rings is 1. The van der Waals surface area contributed by atoms with Crippen LogP contribution >= 0.6 is 0 Å². The summed E-state index contributed by atoms with van der Waals surface area (Å²) in [4.78, 5) is 36.5. The highest BCUT2D eigenvalue weighted by Gasteiger charge is 2.49. The lowest BCUT2D eigenvalue weighted by atomic mass is 9.76. The molecular weight excluding hydrogens is 625 g/mol. The standard InChI is InChI=1S/C36H45F3N4O5/c1-47-22-25-18-43(20-31(25)29-8-5-26(36(37,38)39)17-33(29)41-15-11-24(12-16-41)35(45)46)34(44)32-21-42(27-9-13-40-14-10-27)19-30(32)23-3-6-28(48-2)7-4-23/h3,5-7,9-10,13-14,17,23-25,29-32H,4,8,11-12,15-16,18-22H2,1-2H3,(H,45,46)/t23?,25-,29?,30+,31+,32-/m1/s1. The Morgan fingerprint density at radius 1 is 0.979 bits per heavy atom. The maximum Gasteiger partial charge on any atom is 0.416 e. The van der Waals surface area contributed by atoms with Crippen molar-refractivity contribution in [2.75, 3.05) is 65.0 Å². The van der Waals surface area contributed by atoms with Crippen molar-refractivity contribution in [3.05, 3.63) is 71.9 Å². The second-order valence-electron chi connectivity index (χ2n) is 13.7. The van der Waals surface area contributed by atoms with Crippen LogP contribution in [0.25, 0.3) is 0 Å². The lowest BCUT2D eigenvalue weighted by molar-refractivity contribution is -0.143. The molecule has 3 saturated heterocycles. The Bertz CT molecular complexity index is 1450. The van der Waals surface area contributed by atoms with Crippen LogP contribution in [0.5, 0.6) is 0 Å². The number of hydrogen-bond acceptors (Lipinski definition) is 7. The van der Waals surface area contributed by atoms with Gasteiger partial charge in [-0.3, -0.25) is 14.6 Å². The lowest BCUT2D eigenvalue weighted by Crippen LogP contribution is -2.42. The van der Waals surface area contributed by atoms with Gasteiger partial charge in [0.15, 0.2) is 0 Å². The fraction of sp³-hybridized carbons (Fsp3) is 0.583. The third-order valence-corrected chi connectivity index (χ3v) is 11.1. The minimum atomic E-state index is -4.48. The minimum Gasteiger partial charge on any atom is -0.497 e. The first-order valence-electron chi connectivity index (χ1n) is 16.9. The summed E-state index contributed by atoms with van der Waals surface area (Å²) in [6, 6.07) is 3.92. The molecule has 6 atom stereocenters. The van der Waals surface area contributed by atoms with E-state index in [4.69, 9.17) is 9.47 Å². The summed E-state index contributed by atoms with van der Waals surface area (Å²) < 4.78 is 53.0. The summed E-state index contributed by atoms with van der Waals surface area (Å²) in [6.07, 6.45) is 9.52. The first-order chi connectivity index (χ1) is 23.1. The van der Waals surface area contributed by atoms with Gasteiger partial charge in [0.1, 0.15) is 5.76 Å². The van der Waals surface area contributed by atoms with Gasteiger partial charge in [-0.1, -0.05) is 12.2 Å². The Morgan fingerprint density at radius 2 is 1.73 bits per heavy atom. The van der Waals surface area contributed by atoms with Crippen LogP contribution in [0.1, 0.15) is 25.7 Å². The molecule has 1 aromatic rings. The molecule has 0 radical (unpaired) electrons. The topological polar surface area (TPSA) is 95.4 Å². The molecule has 48 heavy (non-hydrogen) atoms. The van der Waals surface area contributed by atoms with Crippen molar-refractivity contribution >= 4 is 17.6 Å². The van der Waals surface area contributed by atoms with Crippen molar-refractivity contribution in [2.45, 2.75) is 31.9 Å². The number of hydrogen-bond donors (Lipinski definition) is 1. The molecule has 1 aromatic heterocycles. The van der Waals surface area contributed by atoms with E-state index in [-0.39, 0.29) is 47.8 Å². The van der Waals surface area contributed by atoms with Gasteiger partial charge in [0.05, 0.1) is 31.1 Å². The van der Waals surface area contributed by atoms with Crippen molar-refractivity contribution in [2.24, 2.45) is 41.4 Å². The number of rotatable bonds is 9. The zero-order valence-corrected chi connectivity index (χ0v) is 27.5. The van der Waals surface area contributed by atoms with E-state index in [2.05, 4.69) is 22.0 Å². The van der Waals surface area contributed by atoms with Gasteiger partial charge in [-0.05, 0) is 73.8 Å². The predicted molar refractivity (Wildman–Crippen MR) is 173 cm³/mol. The minimum absolute atomic E-state index is 0.0531. The fourth-order valence-electron chi connectivity index (χ4n) is 8.54. The molecule has 5 aliphatic rings. The molecule has 12 heteroatoms. The third kappa shape index (κ3) is 7.13. The number of ether oxygens (including phenoxy) is 2. The highest BCUT2D eigenvalue weighted by atomic mass is 19.4. The van der Waals surface area contributed by atoms with Crippen LogP contribution in [0.4, 0.5) is 18.9 Å². The smallest absolute Gasteiger partial charge is 0.416 e. The normalized spacial score (nSPS) is 29.9. The highest BCUT2D eigenvalue weighted by Crippen LogP contribution is 2.45. The SMILES string of the molecule is COC[C@H]1CN(C(=O)[C@@H]2CN(c3ccncc3)C[C@H]2C2C=CC(OC)=CC2)C[C@@H]1C1CC=C(C(F)(F)F)C=C1N1CCC(C(=O)O)CC1. The average molecular weight is 671 g/mol. The monoisotopic (exact) mass is 670 g/mol. The number of carboxylic acid groups (broad SMARTS) is 1. The van der Waals surface area contributed by atoms with E-state index in [0.29, 0.717) is 57.9 Å². The lowest BCUT2D eigenvalue weighted by Gasteiger charge is -2.41. The zero-order valence-electron chi connectivity index (χ0n) is 27.5. The summed E-state index contributed by atoms with van der Waals surface area (Å²) in [7, 11) is 3.27. The molecule has 2 unspecified atom stereocenters. The molecule has 0 bridgehead atoms. The van der Waals surface area contributed by atoms with Crippen LogP contribution in [0.15, 0.2) is 71.9 Å². The number of allylic oxidation sites excluding steroid dienone is 7. The number of pyridine rings is 1. The Hall–Kier alpha value is -3.80. The number of amides is 1. The van der Waals surface area contributed by atoms with Crippen LogP contribution in [-0.4, -0.2) is 98.0 Å². The van der Waals surface area contributed by atoms with Crippen molar-refractivity contribution in [1.82, 2.24) is 14.8 Å². The predicted octanol–water partition coefficient (Wildman–Crippen LogP) is 5.15. The molecule has 3 aliphatic heterocycles. The first-order valence-corrected chi connectivity index (χ1v) is 16.9. The van der Waals surface area contributed by atoms with E-state index < -0.39 is 23.6 Å². The van der Waals surface area contributed by atoms with Gasteiger partial charge in [-0.15, -0.1) is 0 Å². The second kappa shape index (κ2) is 14.4. The van der Waals surface area contributed by atoms with Crippen LogP contribution in [0, 0.1) is 41.4 Å². The number of methoxy groups -OCH3 is 2. The quantitative estimate of drug-likeness (QED) is 0.386. The van der Waals surface area contributed by atoms with Crippen LogP contribution < -0.4 is 4.90 Å². The third-order valence-electron chi connectivity index (χ3n) is 11.1. The fourth-order valence-corrected chi connectivity index (χ4v) is 8.54. The van der Waals surface area contributed by atoms with Gasteiger partial charge in [-0.25, -0.2) is 0 Å². The van der Waals surface area contributed by atoms with Gasteiger partial charge in [-0.2, -0.15) is 13.2 Å². The number of alkyl halides is 3. The molecular formula is C36H45F3N4O5.